The molecule has 0 bridgehead atoms. The average molecular weight is 447 g/mol. The van der Waals surface area contributed by atoms with Gasteiger partial charge < -0.3 is 19.2 Å². The van der Waals surface area contributed by atoms with E-state index in [1.165, 1.54) is 4.90 Å². The molecular formula is C26H26N2O5. The first-order valence-electron chi connectivity index (χ1n) is 10.9. The van der Waals surface area contributed by atoms with E-state index in [1.807, 2.05) is 19.9 Å². The highest BCUT2D eigenvalue weighted by atomic mass is 16.5. The Labute approximate surface area is 192 Å². The second-order valence-electron chi connectivity index (χ2n) is 8.07. The molecule has 4 rings (SSSR count). The van der Waals surface area contributed by atoms with Gasteiger partial charge in [-0.25, -0.2) is 0 Å². The topological polar surface area (TPSA) is 92.9 Å². The van der Waals surface area contributed by atoms with E-state index >= 15 is 0 Å². The summed E-state index contributed by atoms with van der Waals surface area (Å²) in [5, 5.41) is 11.2. The Hall–Kier alpha value is -3.87. The minimum absolute atomic E-state index is 0.000123. The van der Waals surface area contributed by atoms with Gasteiger partial charge in [-0.3, -0.25) is 14.6 Å². The van der Waals surface area contributed by atoms with Gasteiger partial charge in [-0.1, -0.05) is 13.0 Å². The number of ketones is 1. The van der Waals surface area contributed by atoms with Crippen molar-refractivity contribution in [1.82, 2.24) is 9.88 Å². The van der Waals surface area contributed by atoms with E-state index in [-0.39, 0.29) is 17.9 Å². The van der Waals surface area contributed by atoms with Crippen LogP contribution in [-0.4, -0.2) is 33.3 Å². The van der Waals surface area contributed by atoms with E-state index in [0.29, 0.717) is 29.4 Å². The van der Waals surface area contributed by atoms with Crippen molar-refractivity contribution in [1.29, 1.82) is 0 Å². The van der Waals surface area contributed by atoms with Crippen molar-refractivity contribution in [3.05, 3.63) is 88.6 Å². The van der Waals surface area contributed by atoms with E-state index in [4.69, 9.17) is 9.15 Å². The summed E-state index contributed by atoms with van der Waals surface area (Å²) in [5.74, 6) is 0.0790. The minimum atomic E-state index is -0.852. The first-order valence-corrected chi connectivity index (χ1v) is 10.9. The largest absolute Gasteiger partial charge is 0.507 e. The molecule has 1 amide bonds. The molecule has 33 heavy (non-hydrogen) atoms. The van der Waals surface area contributed by atoms with Gasteiger partial charge in [-0.2, -0.15) is 0 Å². The number of aliphatic hydroxyl groups excluding tert-OH is 1. The summed E-state index contributed by atoms with van der Waals surface area (Å²) < 4.78 is 11.5. The fraction of sp³-hybridized carbons (Fsp3) is 0.269. The van der Waals surface area contributed by atoms with Crippen LogP contribution in [-0.2, 0) is 16.1 Å². The van der Waals surface area contributed by atoms with Gasteiger partial charge >= 0.3 is 0 Å². The predicted molar refractivity (Wildman–Crippen MR) is 122 cm³/mol. The van der Waals surface area contributed by atoms with Crippen LogP contribution in [0.4, 0.5) is 0 Å². The van der Waals surface area contributed by atoms with Crippen LogP contribution in [0, 0.1) is 13.8 Å². The molecule has 0 saturated carbocycles. The van der Waals surface area contributed by atoms with E-state index in [0.717, 1.165) is 17.5 Å². The number of amides is 1. The molecule has 1 aliphatic heterocycles. The molecule has 3 aromatic rings. The van der Waals surface area contributed by atoms with E-state index < -0.39 is 17.7 Å². The second kappa shape index (κ2) is 9.32. The van der Waals surface area contributed by atoms with Gasteiger partial charge in [0.15, 0.2) is 0 Å². The highest BCUT2D eigenvalue weighted by molar-refractivity contribution is 6.46. The van der Waals surface area contributed by atoms with Crippen molar-refractivity contribution >= 4 is 17.4 Å². The third kappa shape index (κ3) is 4.39. The Kier molecular flexibility index (Phi) is 6.31. The summed E-state index contributed by atoms with van der Waals surface area (Å²) in [7, 11) is 0. The molecule has 0 radical (unpaired) electrons. The summed E-state index contributed by atoms with van der Waals surface area (Å²) >= 11 is 0. The molecule has 1 aliphatic rings. The van der Waals surface area contributed by atoms with Crippen LogP contribution in [0.15, 0.2) is 64.8 Å². The molecule has 1 unspecified atom stereocenters. The standard InChI is InChI=1S/C26H26N2O5/c1-4-12-32-20-10-8-19(13-16(20)2)24(29)22-23(21-9-7-17(3)33-21)28(26(31)25(22)30)15-18-6-5-11-27-14-18/h5-11,13-14,23,29H,4,12,15H2,1-3H3/b24-22-. The maximum absolute atomic E-state index is 13.1. The van der Waals surface area contributed by atoms with Gasteiger partial charge in [0.25, 0.3) is 11.7 Å². The summed E-state index contributed by atoms with van der Waals surface area (Å²) in [5.41, 5.74) is 2.02. The Balaban J connectivity index is 1.79. The quantitative estimate of drug-likeness (QED) is 0.321. The van der Waals surface area contributed by atoms with Crippen molar-refractivity contribution in [3.63, 3.8) is 0 Å². The molecule has 170 valence electrons. The first-order chi connectivity index (χ1) is 15.9. The lowest BCUT2D eigenvalue weighted by Gasteiger charge is -2.23. The van der Waals surface area contributed by atoms with Crippen LogP contribution in [0.5, 0.6) is 5.75 Å². The number of nitrogens with zero attached hydrogens (tertiary/aromatic N) is 2. The zero-order valence-electron chi connectivity index (χ0n) is 18.9. The number of rotatable bonds is 7. The van der Waals surface area contributed by atoms with E-state index in [9.17, 15) is 14.7 Å². The number of carbonyl (C=O) groups is 2. The first kappa shape index (κ1) is 22.3. The summed E-state index contributed by atoms with van der Waals surface area (Å²) in [6.45, 7) is 6.42. The molecule has 7 nitrogen and oxygen atoms in total. The van der Waals surface area contributed by atoms with Crippen LogP contribution < -0.4 is 4.74 Å². The van der Waals surface area contributed by atoms with Crippen molar-refractivity contribution in [2.75, 3.05) is 6.61 Å². The van der Waals surface area contributed by atoms with Crippen molar-refractivity contribution < 1.29 is 23.8 Å². The number of aryl methyl sites for hydroxylation is 2. The number of hydrogen-bond donors (Lipinski definition) is 1. The van der Waals surface area contributed by atoms with Crippen LogP contribution in [0.1, 0.15) is 47.6 Å². The number of hydrogen-bond acceptors (Lipinski definition) is 6. The molecule has 1 aromatic carbocycles. The summed E-state index contributed by atoms with van der Waals surface area (Å²) in [6, 6.07) is 11.4. The van der Waals surface area contributed by atoms with Crippen molar-refractivity contribution in [2.45, 2.75) is 39.8 Å². The van der Waals surface area contributed by atoms with Gasteiger partial charge in [0.1, 0.15) is 29.1 Å². The van der Waals surface area contributed by atoms with Gasteiger partial charge in [0.2, 0.25) is 0 Å². The van der Waals surface area contributed by atoms with E-state index in [1.54, 1.807) is 55.7 Å². The molecule has 1 fully saturated rings. The van der Waals surface area contributed by atoms with Gasteiger partial charge in [-0.15, -0.1) is 0 Å². The predicted octanol–water partition coefficient (Wildman–Crippen LogP) is 4.70. The molecule has 7 heteroatoms. The van der Waals surface area contributed by atoms with Gasteiger partial charge in [0.05, 0.1) is 12.2 Å². The Morgan fingerprint density at radius 2 is 2.00 bits per heavy atom. The fourth-order valence-electron chi connectivity index (χ4n) is 3.95. The van der Waals surface area contributed by atoms with Crippen molar-refractivity contribution in [3.8, 4) is 5.75 Å². The zero-order valence-corrected chi connectivity index (χ0v) is 18.9. The number of likely N-dealkylation sites (tertiary alicyclic amines) is 1. The maximum atomic E-state index is 13.1. The Morgan fingerprint density at radius 3 is 2.64 bits per heavy atom. The van der Waals surface area contributed by atoms with Gasteiger partial charge in [-0.05, 0) is 67.8 Å². The smallest absolute Gasteiger partial charge is 0.296 e. The lowest BCUT2D eigenvalue weighted by molar-refractivity contribution is -0.140. The lowest BCUT2D eigenvalue weighted by Crippen LogP contribution is -2.29. The van der Waals surface area contributed by atoms with Crippen molar-refractivity contribution in [2.24, 2.45) is 0 Å². The molecular weight excluding hydrogens is 420 g/mol. The Morgan fingerprint density at radius 1 is 1.18 bits per heavy atom. The zero-order chi connectivity index (χ0) is 23.5. The second-order valence-corrected chi connectivity index (χ2v) is 8.07. The number of pyridine rings is 1. The number of aliphatic hydroxyl groups is 1. The molecule has 1 N–H and O–H groups in total. The van der Waals surface area contributed by atoms with Crippen LogP contribution in [0.25, 0.3) is 5.76 Å². The molecule has 2 aromatic heterocycles. The average Bonchev–Trinajstić information content (AvgIpc) is 3.34. The minimum Gasteiger partial charge on any atom is -0.507 e. The number of Topliss-reactive ketones (excluding diaryl/α,β-unsaturated/α-hetero) is 1. The maximum Gasteiger partial charge on any atom is 0.296 e. The molecule has 1 saturated heterocycles. The SMILES string of the molecule is CCCOc1ccc(/C(O)=C2/C(=O)C(=O)N(Cc3cccnc3)C2c2ccc(C)o2)cc1C. The normalized spacial score (nSPS) is 17.5. The number of benzene rings is 1. The third-order valence-corrected chi connectivity index (χ3v) is 5.56. The molecule has 0 aliphatic carbocycles. The van der Waals surface area contributed by atoms with Crippen LogP contribution in [0.3, 0.4) is 0 Å². The number of ether oxygens (including phenoxy) is 1. The van der Waals surface area contributed by atoms with Gasteiger partial charge in [0, 0.05) is 24.5 Å². The molecule has 1 atom stereocenters. The Bertz CT molecular complexity index is 1210. The molecule has 3 heterocycles. The highest BCUT2D eigenvalue weighted by Crippen LogP contribution is 2.41. The lowest BCUT2D eigenvalue weighted by atomic mass is 9.98. The third-order valence-electron chi connectivity index (χ3n) is 5.56. The number of furan rings is 1. The summed E-state index contributed by atoms with van der Waals surface area (Å²) in [6.07, 6.45) is 4.16. The summed E-state index contributed by atoms with van der Waals surface area (Å²) in [4.78, 5) is 31.7. The number of carbonyl (C=O) groups excluding carboxylic acids is 2. The molecule has 0 spiro atoms. The monoisotopic (exact) mass is 446 g/mol. The van der Waals surface area contributed by atoms with Crippen LogP contribution >= 0.6 is 0 Å². The number of aromatic nitrogens is 1. The van der Waals surface area contributed by atoms with E-state index in [2.05, 4.69) is 4.98 Å². The van der Waals surface area contributed by atoms with Crippen LogP contribution in [0.2, 0.25) is 0 Å². The fourth-order valence-corrected chi connectivity index (χ4v) is 3.95. The highest BCUT2D eigenvalue weighted by Gasteiger charge is 2.47.